The van der Waals surface area contributed by atoms with Crippen molar-refractivity contribution in [3.8, 4) is 5.69 Å². The van der Waals surface area contributed by atoms with Crippen molar-refractivity contribution in [1.29, 1.82) is 0 Å². The zero-order valence-corrected chi connectivity index (χ0v) is 14.5. The quantitative estimate of drug-likeness (QED) is 0.820. The zero-order chi connectivity index (χ0) is 17.9. The first-order valence-electron chi connectivity index (χ1n) is 9.08. The van der Waals surface area contributed by atoms with Crippen LogP contribution in [0.25, 0.3) is 5.69 Å². The van der Waals surface area contributed by atoms with Gasteiger partial charge in [-0.25, -0.2) is 4.68 Å². The van der Waals surface area contributed by atoms with Gasteiger partial charge in [-0.15, -0.1) is 0 Å². The molecule has 1 saturated heterocycles. The molecule has 2 fully saturated rings. The number of nitrogens with zero attached hydrogens (tertiary/aromatic N) is 1. The van der Waals surface area contributed by atoms with Crippen molar-refractivity contribution in [2.75, 3.05) is 19.8 Å². The minimum Gasteiger partial charge on any atom is -0.379 e. The first kappa shape index (κ1) is 17.1. The van der Waals surface area contributed by atoms with Gasteiger partial charge >= 0.3 is 0 Å². The normalized spacial score (nSPS) is 22.9. The molecule has 2 aromatic rings. The van der Waals surface area contributed by atoms with Gasteiger partial charge in [-0.05, 0) is 37.3 Å². The van der Waals surface area contributed by atoms with Gasteiger partial charge in [0, 0.05) is 19.3 Å². The Morgan fingerprint density at radius 1 is 1.27 bits per heavy atom. The molecule has 0 bridgehead atoms. The van der Waals surface area contributed by atoms with Crippen LogP contribution in [-0.4, -0.2) is 47.7 Å². The van der Waals surface area contributed by atoms with Gasteiger partial charge in [-0.1, -0.05) is 18.2 Å². The van der Waals surface area contributed by atoms with Crippen LogP contribution in [0.15, 0.2) is 41.2 Å². The number of carbonyl (C=O) groups is 1. The molecule has 1 saturated carbocycles. The van der Waals surface area contributed by atoms with Crippen LogP contribution in [0.3, 0.4) is 0 Å². The molecule has 7 nitrogen and oxygen atoms in total. The highest BCUT2D eigenvalue weighted by Crippen LogP contribution is 2.30. The number of nitrogens with one attached hydrogen (secondary N) is 2. The molecule has 138 valence electrons. The number of hydrogen-bond acceptors (Lipinski definition) is 4. The smallest absolute Gasteiger partial charge is 0.271 e. The van der Waals surface area contributed by atoms with E-state index in [9.17, 15) is 9.59 Å². The zero-order valence-electron chi connectivity index (χ0n) is 14.5. The van der Waals surface area contributed by atoms with E-state index in [2.05, 4.69) is 10.4 Å². The number of benzene rings is 1. The summed E-state index contributed by atoms with van der Waals surface area (Å²) in [6, 6.07) is 10.3. The van der Waals surface area contributed by atoms with Crippen molar-refractivity contribution < 1.29 is 14.3 Å². The number of amides is 1. The van der Waals surface area contributed by atoms with Gasteiger partial charge in [0.05, 0.1) is 24.4 Å². The van der Waals surface area contributed by atoms with Gasteiger partial charge in [-0.3, -0.25) is 14.7 Å². The van der Waals surface area contributed by atoms with E-state index in [1.54, 1.807) is 12.1 Å². The van der Waals surface area contributed by atoms with E-state index in [0.717, 1.165) is 13.0 Å². The van der Waals surface area contributed by atoms with Gasteiger partial charge in [0.15, 0.2) is 0 Å². The van der Waals surface area contributed by atoms with Crippen LogP contribution < -0.4 is 10.9 Å². The highest BCUT2D eigenvalue weighted by molar-refractivity contribution is 5.92. The number of carbonyl (C=O) groups excluding carboxylic acids is 1. The maximum absolute atomic E-state index is 12.6. The summed E-state index contributed by atoms with van der Waals surface area (Å²) in [5.41, 5.74) is 0.635. The van der Waals surface area contributed by atoms with Crippen LogP contribution in [0.4, 0.5) is 0 Å². The fourth-order valence-electron chi connectivity index (χ4n) is 3.12. The number of ether oxygens (including phenoxy) is 2. The molecule has 0 spiro atoms. The molecular weight excluding hydrogens is 334 g/mol. The molecular formula is C19H23N3O4. The lowest BCUT2D eigenvalue weighted by Crippen LogP contribution is -2.50. The molecule has 7 heteroatoms. The van der Waals surface area contributed by atoms with Crippen LogP contribution in [-0.2, 0) is 9.47 Å². The van der Waals surface area contributed by atoms with Crippen LogP contribution in [0.1, 0.15) is 29.8 Å². The fraction of sp³-hybridized carbons (Fsp3) is 0.474. The molecule has 0 radical (unpaired) electrons. The van der Waals surface area contributed by atoms with Gasteiger partial charge in [0.1, 0.15) is 5.69 Å². The minimum absolute atomic E-state index is 0.0452. The number of H-pyrrole nitrogens is 1. The van der Waals surface area contributed by atoms with E-state index in [0.29, 0.717) is 24.8 Å². The molecule has 1 aliphatic carbocycles. The summed E-state index contributed by atoms with van der Waals surface area (Å²) >= 11 is 0. The first-order chi connectivity index (χ1) is 12.7. The second kappa shape index (κ2) is 7.47. The molecule has 4 rings (SSSR count). The van der Waals surface area contributed by atoms with Gasteiger partial charge < -0.3 is 14.8 Å². The number of aromatic amines is 1. The van der Waals surface area contributed by atoms with Crippen LogP contribution in [0.2, 0.25) is 0 Å². The molecule has 2 atom stereocenters. The average molecular weight is 357 g/mol. The number of hydrogen-bond donors (Lipinski definition) is 2. The molecule has 2 N–H and O–H groups in total. The van der Waals surface area contributed by atoms with E-state index in [4.69, 9.17) is 9.47 Å². The highest BCUT2D eigenvalue weighted by atomic mass is 16.5. The van der Waals surface area contributed by atoms with Crippen LogP contribution in [0.5, 0.6) is 0 Å². The summed E-state index contributed by atoms with van der Waals surface area (Å²) in [6.07, 6.45) is 3.18. The third-order valence-electron chi connectivity index (χ3n) is 4.83. The predicted molar refractivity (Wildman–Crippen MR) is 95.5 cm³/mol. The summed E-state index contributed by atoms with van der Waals surface area (Å²) in [7, 11) is 0. The molecule has 1 aromatic carbocycles. The maximum atomic E-state index is 12.6. The Labute approximate surface area is 151 Å². The molecule has 1 aromatic heterocycles. The Bertz CT molecular complexity index is 810. The van der Waals surface area contributed by atoms with Crippen LogP contribution >= 0.6 is 0 Å². The second-order valence-corrected chi connectivity index (χ2v) is 6.94. The summed E-state index contributed by atoms with van der Waals surface area (Å²) in [5, 5.41) is 5.82. The largest absolute Gasteiger partial charge is 0.379 e. The first-order valence-corrected chi connectivity index (χ1v) is 9.08. The highest BCUT2D eigenvalue weighted by Gasteiger charge is 2.31. The van der Waals surface area contributed by atoms with E-state index < -0.39 is 0 Å². The van der Waals surface area contributed by atoms with E-state index in [1.165, 1.54) is 23.6 Å². The van der Waals surface area contributed by atoms with Gasteiger partial charge in [0.2, 0.25) is 0 Å². The molecule has 26 heavy (non-hydrogen) atoms. The minimum atomic E-state index is -0.327. The van der Waals surface area contributed by atoms with E-state index in [1.807, 2.05) is 18.2 Å². The summed E-state index contributed by atoms with van der Waals surface area (Å²) < 4.78 is 12.8. The van der Waals surface area contributed by atoms with Gasteiger partial charge in [0.25, 0.3) is 11.5 Å². The third kappa shape index (κ3) is 3.89. The number of aromatic nitrogens is 2. The van der Waals surface area contributed by atoms with Crippen molar-refractivity contribution in [3.05, 3.63) is 52.4 Å². The Morgan fingerprint density at radius 3 is 2.85 bits per heavy atom. The monoisotopic (exact) mass is 357 g/mol. The van der Waals surface area contributed by atoms with Crippen molar-refractivity contribution in [3.63, 3.8) is 0 Å². The van der Waals surface area contributed by atoms with Crippen molar-refractivity contribution in [2.24, 2.45) is 5.92 Å². The van der Waals surface area contributed by atoms with Crippen molar-refractivity contribution in [2.45, 2.75) is 31.4 Å². The van der Waals surface area contributed by atoms with E-state index in [-0.39, 0.29) is 29.3 Å². The van der Waals surface area contributed by atoms with E-state index >= 15 is 0 Å². The topological polar surface area (TPSA) is 85.3 Å². The molecule has 1 amide bonds. The lowest BCUT2D eigenvalue weighted by atomic mass is 10.1. The number of rotatable bonds is 6. The summed E-state index contributed by atoms with van der Waals surface area (Å²) in [6.45, 7) is 1.81. The average Bonchev–Trinajstić information content (AvgIpc) is 3.41. The Kier molecular flexibility index (Phi) is 4.90. The molecule has 1 aliphatic heterocycles. The lowest BCUT2D eigenvalue weighted by molar-refractivity contribution is -0.0567. The summed E-state index contributed by atoms with van der Waals surface area (Å²) in [4.78, 5) is 24.8. The molecule has 2 heterocycles. The Balaban J connectivity index is 1.44. The van der Waals surface area contributed by atoms with Crippen molar-refractivity contribution in [1.82, 2.24) is 15.1 Å². The number of para-hydroxylation sites is 1. The van der Waals surface area contributed by atoms with Gasteiger partial charge in [-0.2, -0.15) is 0 Å². The Hall–Kier alpha value is -2.38. The SMILES string of the molecule is O=C(N[C@@H]1COCC[C@@H]1OCC1CC1)c1cc(=O)n(-c2ccccc2)[nH]1. The standard InChI is InChI=1S/C19H23N3O4/c23-18-10-15(21-22(18)14-4-2-1-3-5-14)19(24)20-16-12-25-9-8-17(16)26-11-13-6-7-13/h1-5,10,13,16-17,21H,6-9,11-12H2,(H,20,24)/t16-,17+/m1/s1. The molecule has 0 unspecified atom stereocenters. The molecule has 2 aliphatic rings. The third-order valence-corrected chi connectivity index (χ3v) is 4.83. The second-order valence-electron chi connectivity index (χ2n) is 6.94. The van der Waals surface area contributed by atoms with Crippen molar-refractivity contribution >= 4 is 5.91 Å². The predicted octanol–water partition coefficient (Wildman–Crippen LogP) is 1.48. The maximum Gasteiger partial charge on any atom is 0.271 e. The van der Waals surface area contributed by atoms with Crippen LogP contribution in [0, 0.1) is 5.92 Å². The fourth-order valence-corrected chi connectivity index (χ4v) is 3.12. The summed E-state index contributed by atoms with van der Waals surface area (Å²) in [5.74, 6) is 0.345. The lowest BCUT2D eigenvalue weighted by Gasteiger charge is -2.32. The Morgan fingerprint density at radius 2 is 2.08 bits per heavy atom.